The molecule has 1 unspecified atom stereocenters. The van der Waals surface area contributed by atoms with Gasteiger partial charge < -0.3 is 5.73 Å². The Labute approximate surface area is 109 Å². The molecule has 0 saturated carbocycles. The molecule has 0 amide bonds. The molecule has 0 aliphatic heterocycles. The summed E-state index contributed by atoms with van der Waals surface area (Å²) >= 11 is 0. The van der Waals surface area contributed by atoms with Crippen LogP contribution in [-0.2, 0) is 0 Å². The third-order valence-electron chi connectivity index (χ3n) is 3.51. The van der Waals surface area contributed by atoms with Crippen molar-refractivity contribution < 1.29 is 0 Å². The monoisotopic (exact) mass is 242 g/mol. The standard InChI is InChI=1S/C15H34N2/c1-6-15(7-2)17(11-13(3)4)12-14(5)9-8-10-16/h13-15H,6-12,16H2,1-5H3. The highest BCUT2D eigenvalue weighted by Gasteiger charge is 2.18. The lowest BCUT2D eigenvalue weighted by Gasteiger charge is -2.34. The highest BCUT2D eigenvalue weighted by Crippen LogP contribution is 2.16. The smallest absolute Gasteiger partial charge is 0.00902 e. The molecule has 0 bridgehead atoms. The molecule has 0 spiro atoms. The Morgan fingerprint density at radius 2 is 1.59 bits per heavy atom. The Morgan fingerprint density at radius 1 is 1.00 bits per heavy atom. The van der Waals surface area contributed by atoms with Crippen LogP contribution in [0, 0.1) is 11.8 Å². The number of nitrogens with two attached hydrogens (primary N) is 1. The van der Waals surface area contributed by atoms with Crippen molar-refractivity contribution in [1.29, 1.82) is 0 Å². The lowest BCUT2D eigenvalue weighted by Crippen LogP contribution is -2.40. The van der Waals surface area contributed by atoms with Gasteiger partial charge in [0, 0.05) is 19.1 Å². The lowest BCUT2D eigenvalue weighted by atomic mass is 10.0. The van der Waals surface area contributed by atoms with E-state index in [1.165, 1.54) is 38.8 Å². The van der Waals surface area contributed by atoms with Crippen molar-refractivity contribution in [2.45, 2.75) is 66.3 Å². The summed E-state index contributed by atoms with van der Waals surface area (Å²) in [6, 6.07) is 0.762. The van der Waals surface area contributed by atoms with Gasteiger partial charge in [-0.15, -0.1) is 0 Å². The molecule has 17 heavy (non-hydrogen) atoms. The van der Waals surface area contributed by atoms with E-state index in [-0.39, 0.29) is 0 Å². The predicted molar refractivity (Wildman–Crippen MR) is 78.2 cm³/mol. The molecular weight excluding hydrogens is 208 g/mol. The molecule has 2 nitrogen and oxygen atoms in total. The molecule has 0 saturated heterocycles. The zero-order valence-electron chi connectivity index (χ0n) is 12.7. The highest BCUT2D eigenvalue weighted by molar-refractivity contribution is 4.72. The first-order chi connectivity index (χ1) is 8.04. The Kier molecular flexibility index (Phi) is 9.85. The maximum atomic E-state index is 5.59. The fourth-order valence-corrected chi connectivity index (χ4v) is 2.60. The van der Waals surface area contributed by atoms with Crippen molar-refractivity contribution in [3.05, 3.63) is 0 Å². The summed E-state index contributed by atoms with van der Waals surface area (Å²) in [4.78, 5) is 2.70. The molecule has 0 fully saturated rings. The molecule has 1 atom stereocenters. The fourth-order valence-electron chi connectivity index (χ4n) is 2.60. The van der Waals surface area contributed by atoms with Crippen molar-refractivity contribution in [3.63, 3.8) is 0 Å². The van der Waals surface area contributed by atoms with Crippen LogP contribution in [0.15, 0.2) is 0 Å². The first-order valence-electron chi connectivity index (χ1n) is 7.49. The van der Waals surface area contributed by atoms with Crippen LogP contribution >= 0.6 is 0 Å². The van der Waals surface area contributed by atoms with Gasteiger partial charge >= 0.3 is 0 Å². The van der Waals surface area contributed by atoms with Crippen LogP contribution in [0.1, 0.15) is 60.3 Å². The van der Waals surface area contributed by atoms with Gasteiger partial charge in [-0.1, -0.05) is 34.6 Å². The zero-order valence-corrected chi connectivity index (χ0v) is 12.7. The highest BCUT2D eigenvalue weighted by atomic mass is 15.2. The maximum absolute atomic E-state index is 5.59. The van der Waals surface area contributed by atoms with E-state index in [0.717, 1.165) is 24.4 Å². The Balaban J connectivity index is 4.25. The molecule has 0 rings (SSSR count). The van der Waals surface area contributed by atoms with Gasteiger partial charge in [0.25, 0.3) is 0 Å². The summed E-state index contributed by atoms with van der Waals surface area (Å²) in [7, 11) is 0. The summed E-state index contributed by atoms with van der Waals surface area (Å²) in [6.45, 7) is 14.9. The lowest BCUT2D eigenvalue weighted by molar-refractivity contribution is 0.141. The summed E-state index contributed by atoms with van der Waals surface area (Å²) in [6.07, 6.45) is 4.98. The SMILES string of the molecule is CCC(CC)N(CC(C)C)CC(C)CCCN. The van der Waals surface area contributed by atoms with E-state index < -0.39 is 0 Å². The molecule has 0 aromatic carbocycles. The minimum atomic E-state index is 0.761. The average Bonchev–Trinajstić information content (AvgIpc) is 2.27. The van der Waals surface area contributed by atoms with E-state index in [2.05, 4.69) is 39.5 Å². The van der Waals surface area contributed by atoms with Crippen LogP contribution in [0.2, 0.25) is 0 Å². The molecule has 2 heteroatoms. The third-order valence-corrected chi connectivity index (χ3v) is 3.51. The van der Waals surface area contributed by atoms with Crippen LogP contribution in [0.5, 0.6) is 0 Å². The van der Waals surface area contributed by atoms with E-state index in [0.29, 0.717) is 0 Å². The van der Waals surface area contributed by atoms with E-state index in [1.807, 2.05) is 0 Å². The van der Waals surface area contributed by atoms with Gasteiger partial charge in [0.05, 0.1) is 0 Å². The second-order valence-electron chi connectivity index (χ2n) is 5.85. The molecule has 2 N–H and O–H groups in total. The molecule has 0 aliphatic rings. The van der Waals surface area contributed by atoms with Crippen LogP contribution in [-0.4, -0.2) is 30.6 Å². The van der Waals surface area contributed by atoms with Gasteiger partial charge in [-0.25, -0.2) is 0 Å². The quantitative estimate of drug-likeness (QED) is 0.635. The number of rotatable bonds is 10. The third kappa shape index (κ3) is 7.77. The summed E-state index contributed by atoms with van der Waals surface area (Å²) in [5.41, 5.74) is 5.59. The van der Waals surface area contributed by atoms with Crippen molar-refractivity contribution in [3.8, 4) is 0 Å². The molecule has 0 aromatic heterocycles. The molecular formula is C15H34N2. The van der Waals surface area contributed by atoms with Crippen LogP contribution in [0.25, 0.3) is 0 Å². The van der Waals surface area contributed by atoms with E-state index >= 15 is 0 Å². The van der Waals surface area contributed by atoms with Gasteiger partial charge in [0.2, 0.25) is 0 Å². The van der Waals surface area contributed by atoms with Crippen molar-refractivity contribution in [1.82, 2.24) is 4.90 Å². The van der Waals surface area contributed by atoms with E-state index in [4.69, 9.17) is 5.73 Å². The van der Waals surface area contributed by atoms with E-state index in [9.17, 15) is 0 Å². The van der Waals surface area contributed by atoms with Crippen molar-refractivity contribution in [2.24, 2.45) is 17.6 Å². The summed E-state index contributed by atoms with van der Waals surface area (Å²) in [5, 5.41) is 0. The van der Waals surface area contributed by atoms with Gasteiger partial charge in [0.1, 0.15) is 0 Å². The Bertz CT molecular complexity index is 164. The Hall–Kier alpha value is -0.0800. The second-order valence-corrected chi connectivity index (χ2v) is 5.85. The summed E-state index contributed by atoms with van der Waals surface area (Å²) in [5.74, 6) is 1.54. The predicted octanol–water partition coefficient (Wildman–Crippen LogP) is 3.51. The number of hydrogen-bond acceptors (Lipinski definition) is 2. The molecule has 104 valence electrons. The van der Waals surface area contributed by atoms with Gasteiger partial charge in [-0.05, 0) is 44.1 Å². The normalized spacial score (nSPS) is 13.9. The van der Waals surface area contributed by atoms with Gasteiger partial charge in [-0.3, -0.25) is 4.90 Å². The Morgan fingerprint density at radius 3 is 2.00 bits per heavy atom. The van der Waals surface area contributed by atoms with Gasteiger partial charge in [0.15, 0.2) is 0 Å². The van der Waals surface area contributed by atoms with Gasteiger partial charge in [-0.2, -0.15) is 0 Å². The molecule has 0 heterocycles. The summed E-state index contributed by atoms with van der Waals surface area (Å²) < 4.78 is 0. The number of nitrogens with zero attached hydrogens (tertiary/aromatic N) is 1. The molecule has 0 aromatic rings. The number of hydrogen-bond donors (Lipinski definition) is 1. The first kappa shape index (κ1) is 16.9. The first-order valence-corrected chi connectivity index (χ1v) is 7.49. The molecule has 0 aliphatic carbocycles. The van der Waals surface area contributed by atoms with Crippen molar-refractivity contribution >= 4 is 0 Å². The maximum Gasteiger partial charge on any atom is 0.00902 e. The van der Waals surface area contributed by atoms with Crippen molar-refractivity contribution in [2.75, 3.05) is 19.6 Å². The topological polar surface area (TPSA) is 29.3 Å². The van der Waals surface area contributed by atoms with Crippen LogP contribution in [0.3, 0.4) is 0 Å². The van der Waals surface area contributed by atoms with E-state index in [1.54, 1.807) is 0 Å². The zero-order chi connectivity index (χ0) is 13.3. The largest absolute Gasteiger partial charge is 0.330 e. The van der Waals surface area contributed by atoms with Crippen LogP contribution in [0.4, 0.5) is 0 Å². The minimum absolute atomic E-state index is 0.761. The second kappa shape index (κ2) is 9.90. The fraction of sp³-hybridized carbons (Fsp3) is 1.00. The minimum Gasteiger partial charge on any atom is -0.330 e. The van der Waals surface area contributed by atoms with Crippen LogP contribution < -0.4 is 5.73 Å². The molecule has 0 radical (unpaired) electrons. The average molecular weight is 242 g/mol.